The zero-order chi connectivity index (χ0) is 10.3. The van der Waals surface area contributed by atoms with Crippen molar-refractivity contribution in [2.45, 2.75) is 0 Å². The van der Waals surface area contributed by atoms with Crippen molar-refractivity contribution in [2.75, 3.05) is 0 Å². The largest absolute Gasteiger partial charge is 0.508 e. The van der Waals surface area contributed by atoms with Gasteiger partial charge < -0.3 is 15.4 Å². The van der Waals surface area contributed by atoms with Gasteiger partial charge in [0.25, 0.3) is 5.91 Å². The molecule has 0 aliphatic heterocycles. The smallest absolute Gasteiger partial charge is 0.250 e. The third-order valence-corrected chi connectivity index (χ3v) is 2.24. The second-order valence-electron chi connectivity index (χ2n) is 3.22. The maximum absolute atomic E-state index is 11.1. The van der Waals surface area contributed by atoms with Crippen molar-refractivity contribution in [3.05, 3.63) is 30.0 Å². The standard InChI is InChI=1S/C10H10N2O2/c1-12-5-8(10(11)14)7-4-6(13)2-3-9(7)12/h2-5,13H,1H3,(H2,11,14). The minimum absolute atomic E-state index is 0.131. The summed E-state index contributed by atoms with van der Waals surface area (Å²) >= 11 is 0. The maximum atomic E-state index is 11.1. The average molecular weight is 190 g/mol. The number of aryl methyl sites for hydroxylation is 1. The fourth-order valence-electron chi connectivity index (χ4n) is 1.58. The predicted molar refractivity (Wildman–Crippen MR) is 53.1 cm³/mol. The summed E-state index contributed by atoms with van der Waals surface area (Å²) in [4.78, 5) is 11.1. The molecule has 0 radical (unpaired) electrons. The molecule has 0 saturated heterocycles. The molecule has 1 amide bonds. The van der Waals surface area contributed by atoms with E-state index in [-0.39, 0.29) is 5.75 Å². The van der Waals surface area contributed by atoms with Gasteiger partial charge in [0, 0.05) is 24.1 Å². The second kappa shape index (κ2) is 2.77. The molecule has 0 bridgehead atoms. The van der Waals surface area contributed by atoms with Gasteiger partial charge in [0.15, 0.2) is 0 Å². The Balaban J connectivity index is 2.85. The van der Waals surface area contributed by atoms with E-state index in [0.717, 1.165) is 5.52 Å². The highest BCUT2D eigenvalue weighted by Gasteiger charge is 2.10. The van der Waals surface area contributed by atoms with Crippen molar-refractivity contribution in [3.8, 4) is 5.75 Å². The van der Waals surface area contributed by atoms with Crippen LogP contribution in [0.25, 0.3) is 10.9 Å². The molecule has 0 fully saturated rings. The van der Waals surface area contributed by atoms with Gasteiger partial charge in [0.2, 0.25) is 0 Å². The van der Waals surface area contributed by atoms with Gasteiger partial charge in [-0.15, -0.1) is 0 Å². The van der Waals surface area contributed by atoms with Crippen LogP contribution in [0.4, 0.5) is 0 Å². The molecule has 0 atom stereocenters. The number of nitrogens with zero attached hydrogens (tertiary/aromatic N) is 1. The summed E-state index contributed by atoms with van der Waals surface area (Å²) in [5.74, 6) is -0.354. The van der Waals surface area contributed by atoms with E-state index in [1.807, 2.05) is 7.05 Å². The molecule has 0 aliphatic carbocycles. The van der Waals surface area contributed by atoms with E-state index in [0.29, 0.717) is 10.9 Å². The van der Waals surface area contributed by atoms with E-state index >= 15 is 0 Å². The van der Waals surface area contributed by atoms with E-state index in [9.17, 15) is 9.90 Å². The summed E-state index contributed by atoms with van der Waals surface area (Å²) in [6.45, 7) is 0. The van der Waals surface area contributed by atoms with Gasteiger partial charge >= 0.3 is 0 Å². The Morgan fingerprint density at radius 2 is 2.21 bits per heavy atom. The molecule has 72 valence electrons. The van der Waals surface area contributed by atoms with Crippen molar-refractivity contribution in [3.63, 3.8) is 0 Å². The van der Waals surface area contributed by atoms with Crippen LogP contribution in [0.1, 0.15) is 10.4 Å². The zero-order valence-corrected chi connectivity index (χ0v) is 7.69. The molecule has 0 saturated carbocycles. The molecular formula is C10H10N2O2. The lowest BCUT2D eigenvalue weighted by Gasteiger charge is -1.96. The molecule has 3 N–H and O–H groups in total. The third-order valence-electron chi connectivity index (χ3n) is 2.24. The van der Waals surface area contributed by atoms with Crippen molar-refractivity contribution in [1.82, 2.24) is 4.57 Å². The summed E-state index contributed by atoms with van der Waals surface area (Å²) < 4.78 is 1.80. The van der Waals surface area contributed by atoms with E-state index in [1.54, 1.807) is 22.9 Å². The van der Waals surface area contributed by atoms with Gasteiger partial charge in [-0.05, 0) is 18.2 Å². The lowest BCUT2D eigenvalue weighted by molar-refractivity contribution is 0.100. The second-order valence-corrected chi connectivity index (χ2v) is 3.22. The van der Waals surface area contributed by atoms with Gasteiger partial charge in [-0.1, -0.05) is 0 Å². The van der Waals surface area contributed by atoms with Crippen molar-refractivity contribution >= 4 is 16.8 Å². The van der Waals surface area contributed by atoms with Crippen LogP contribution in [-0.2, 0) is 7.05 Å². The summed E-state index contributed by atoms with van der Waals surface area (Å²) in [5.41, 5.74) is 6.51. The molecule has 2 aromatic rings. The van der Waals surface area contributed by atoms with Crippen LogP contribution < -0.4 is 5.73 Å². The molecule has 0 aliphatic rings. The normalized spacial score (nSPS) is 10.6. The highest BCUT2D eigenvalue weighted by atomic mass is 16.3. The Morgan fingerprint density at radius 1 is 1.50 bits per heavy atom. The predicted octanol–water partition coefficient (Wildman–Crippen LogP) is 0.983. The van der Waals surface area contributed by atoms with Gasteiger partial charge in [-0.2, -0.15) is 0 Å². The summed E-state index contributed by atoms with van der Waals surface area (Å²) in [5, 5.41) is 9.96. The number of aromatic hydroxyl groups is 1. The lowest BCUT2D eigenvalue weighted by atomic mass is 10.1. The molecule has 0 unspecified atom stereocenters. The lowest BCUT2D eigenvalue weighted by Crippen LogP contribution is -2.09. The van der Waals surface area contributed by atoms with Crippen molar-refractivity contribution in [2.24, 2.45) is 12.8 Å². The molecule has 2 rings (SSSR count). The molecule has 1 aromatic carbocycles. The molecule has 4 heteroatoms. The number of phenols is 1. The SMILES string of the molecule is Cn1cc(C(N)=O)c2cc(O)ccc21. The van der Waals surface area contributed by atoms with Crippen LogP contribution in [0, 0.1) is 0 Å². The van der Waals surface area contributed by atoms with E-state index in [4.69, 9.17) is 5.73 Å². The van der Waals surface area contributed by atoms with Crippen LogP contribution in [0.2, 0.25) is 0 Å². The number of benzene rings is 1. The summed E-state index contributed by atoms with van der Waals surface area (Å²) in [7, 11) is 1.83. The van der Waals surface area contributed by atoms with Gasteiger partial charge in [-0.25, -0.2) is 0 Å². The fourth-order valence-corrected chi connectivity index (χ4v) is 1.58. The first kappa shape index (κ1) is 8.62. The molecule has 1 aromatic heterocycles. The number of carbonyl (C=O) groups excluding carboxylic acids is 1. The highest BCUT2D eigenvalue weighted by molar-refractivity contribution is 6.06. The molecule has 1 heterocycles. The monoisotopic (exact) mass is 190 g/mol. The first-order valence-corrected chi connectivity index (χ1v) is 4.17. The highest BCUT2D eigenvalue weighted by Crippen LogP contribution is 2.24. The number of hydrogen-bond donors (Lipinski definition) is 2. The third kappa shape index (κ3) is 1.12. The Hall–Kier alpha value is -1.97. The first-order valence-electron chi connectivity index (χ1n) is 4.17. The molecule has 0 spiro atoms. The molecular weight excluding hydrogens is 180 g/mol. The maximum Gasteiger partial charge on any atom is 0.250 e. The van der Waals surface area contributed by atoms with E-state index < -0.39 is 5.91 Å². The fraction of sp³-hybridized carbons (Fsp3) is 0.100. The minimum Gasteiger partial charge on any atom is -0.508 e. The Morgan fingerprint density at radius 3 is 2.86 bits per heavy atom. The number of carbonyl (C=O) groups is 1. The van der Waals surface area contributed by atoms with Crippen LogP contribution in [0.15, 0.2) is 24.4 Å². The Bertz CT molecular complexity index is 514. The number of hydrogen-bond acceptors (Lipinski definition) is 2. The van der Waals surface area contributed by atoms with Crippen LogP contribution in [0.3, 0.4) is 0 Å². The number of phenolic OH excluding ortho intramolecular Hbond substituents is 1. The first-order chi connectivity index (χ1) is 6.59. The van der Waals surface area contributed by atoms with Crippen LogP contribution in [0.5, 0.6) is 5.75 Å². The number of primary amides is 1. The molecule has 14 heavy (non-hydrogen) atoms. The van der Waals surface area contributed by atoms with Crippen LogP contribution >= 0.6 is 0 Å². The molecule has 4 nitrogen and oxygen atoms in total. The number of nitrogens with two attached hydrogens (primary N) is 1. The van der Waals surface area contributed by atoms with Gasteiger partial charge in [0.05, 0.1) is 5.56 Å². The summed E-state index contributed by atoms with van der Waals surface area (Å²) in [6, 6.07) is 4.86. The van der Waals surface area contributed by atoms with Crippen LogP contribution in [-0.4, -0.2) is 15.6 Å². The Kier molecular flexibility index (Phi) is 1.70. The zero-order valence-electron chi connectivity index (χ0n) is 7.69. The van der Waals surface area contributed by atoms with Gasteiger partial charge in [0.1, 0.15) is 5.75 Å². The number of aromatic nitrogens is 1. The minimum atomic E-state index is -0.485. The topological polar surface area (TPSA) is 68.2 Å². The van der Waals surface area contributed by atoms with Crippen molar-refractivity contribution in [1.29, 1.82) is 0 Å². The summed E-state index contributed by atoms with van der Waals surface area (Å²) in [6.07, 6.45) is 1.66. The quantitative estimate of drug-likeness (QED) is 0.703. The van der Waals surface area contributed by atoms with E-state index in [1.165, 1.54) is 6.07 Å². The van der Waals surface area contributed by atoms with E-state index in [2.05, 4.69) is 0 Å². The number of rotatable bonds is 1. The number of amides is 1. The Labute approximate surface area is 80.6 Å². The number of fused-ring (bicyclic) bond motifs is 1. The average Bonchev–Trinajstić information content (AvgIpc) is 2.43. The van der Waals surface area contributed by atoms with Crippen molar-refractivity contribution < 1.29 is 9.90 Å². The van der Waals surface area contributed by atoms with Gasteiger partial charge in [-0.3, -0.25) is 4.79 Å².